The molecule has 0 bridgehead atoms. The van der Waals surface area contributed by atoms with Crippen molar-refractivity contribution in [3.8, 4) is 11.5 Å². The van der Waals surface area contributed by atoms with Gasteiger partial charge >= 0.3 is 6.18 Å². The van der Waals surface area contributed by atoms with Crippen LogP contribution in [0.5, 0.6) is 0 Å². The molecule has 0 atom stereocenters. The van der Waals surface area contributed by atoms with E-state index < -0.39 is 11.7 Å². The molecule has 9 heteroatoms. The molecule has 1 aromatic carbocycles. The predicted molar refractivity (Wildman–Crippen MR) is 88.7 cm³/mol. The van der Waals surface area contributed by atoms with E-state index >= 15 is 0 Å². The lowest BCUT2D eigenvalue weighted by Crippen LogP contribution is -2.14. The normalized spacial score (nSPS) is 12.0. The Balaban J connectivity index is 2.13. The maximum absolute atomic E-state index is 12.8. The van der Waals surface area contributed by atoms with Gasteiger partial charge in [0, 0.05) is 20.0 Å². The molecular weight excluding hydrogens is 335 g/mol. The number of hydrogen-bond donors (Lipinski definition) is 0. The van der Waals surface area contributed by atoms with Crippen LogP contribution in [0, 0.1) is 0 Å². The molecule has 0 spiro atoms. The second-order valence-electron chi connectivity index (χ2n) is 4.95. The van der Waals surface area contributed by atoms with E-state index in [0.717, 1.165) is 12.1 Å². The summed E-state index contributed by atoms with van der Waals surface area (Å²) in [5, 5.41) is 5.17. The van der Waals surface area contributed by atoms with E-state index in [1.165, 1.54) is 29.8 Å². The van der Waals surface area contributed by atoms with Gasteiger partial charge in [-0.05, 0) is 24.3 Å². The average Bonchev–Trinajstić information content (AvgIpc) is 3.02. The SMILES string of the molecule is C=NN(C=NC)c1cnccc1-c1nc2cc(C(F)(F)F)ccc2o1. The molecule has 0 amide bonds. The first-order chi connectivity index (χ1) is 11.9. The number of pyridine rings is 1. The molecular formula is C16H12F3N5O. The highest BCUT2D eigenvalue weighted by molar-refractivity contribution is 5.88. The summed E-state index contributed by atoms with van der Waals surface area (Å²) in [6.07, 6.45) is -0.0187. The van der Waals surface area contributed by atoms with Crippen molar-refractivity contribution >= 4 is 29.8 Å². The molecule has 0 unspecified atom stereocenters. The van der Waals surface area contributed by atoms with Crippen LogP contribution >= 0.6 is 0 Å². The molecule has 0 saturated carbocycles. The van der Waals surface area contributed by atoms with Crippen molar-refractivity contribution < 1.29 is 17.6 Å². The number of nitrogens with zero attached hydrogens (tertiary/aromatic N) is 5. The zero-order chi connectivity index (χ0) is 18.0. The van der Waals surface area contributed by atoms with E-state index in [1.54, 1.807) is 13.1 Å². The first-order valence-corrected chi connectivity index (χ1v) is 7.04. The number of anilines is 1. The zero-order valence-electron chi connectivity index (χ0n) is 13.0. The fourth-order valence-corrected chi connectivity index (χ4v) is 2.25. The Morgan fingerprint density at radius 1 is 1.28 bits per heavy atom. The topological polar surface area (TPSA) is 66.9 Å². The molecule has 0 fully saturated rings. The van der Waals surface area contributed by atoms with Gasteiger partial charge in [0.25, 0.3) is 0 Å². The Morgan fingerprint density at radius 2 is 2.08 bits per heavy atom. The molecule has 0 aliphatic heterocycles. The Kier molecular flexibility index (Phi) is 4.22. The van der Waals surface area contributed by atoms with Crippen LogP contribution in [0.4, 0.5) is 18.9 Å². The van der Waals surface area contributed by atoms with Gasteiger partial charge in [-0.1, -0.05) is 0 Å². The molecule has 3 rings (SSSR count). The minimum atomic E-state index is -4.45. The van der Waals surface area contributed by atoms with Crippen LogP contribution in [0.1, 0.15) is 5.56 Å². The van der Waals surface area contributed by atoms with Crippen molar-refractivity contribution in [2.24, 2.45) is 10.1 Å². The summed E-state index contributed by atoms with van der Waals surface area (Å²) in [6, 6.07) is 4.76. The van der Waals surface area contributed by atoms with Crippen molar-refractivity contribution in [2.75, 3.05) is 12.1 Å². The third kappa shape index (κ3) is 3.21. The summed E-state index contributed by atoms with van der Waals surface area (Å²) in [7, 11) is 1.56. The van der Waals surface area contributed by atoms with Gasteiger partial charge in [-0.15, -0.1) is 0 Å². The highest BCUT2D eigenvalue weighted by Gasteiger charge is 2.31. The zero-order valence-corrected chi connectivity index (χ0v) is 13.0. The summed E-state index contributed by atoms with van der Waals surface area (Å²) in [4.78, 5) is 12.0. The minimum absolute atomic E-state index is 0.106. The quantitative estimate of drug-likeness (QED) is 0.407. The van der Waals surface area contributed by atoms with E-state index in [0.29, 0.717) is 11.3 Å². The molecule has 25 heavy (non-hydrogen) atoms. The lowest BCUT2D eigenvalue weighted by Gasteiger charge is -2.14. The van der Waals surface area contributed by atoms with Crippen molar-refractivity contribution in [1.82, 2.24) is 9.97 Å². The molecule has 0 radical (unpaired) electrons. The largest absolute Gasteiger partial charge is 0.436 e. The number of rotatable bonds is 4. The Morgan fingerprint density at radius 3 is 2.76 bits per heavy atom. The van der Waals surface area contributed by atoms with Crippen LogP contribution in [-0.2, 0) is 6.18 Å². The number of aromatic nitrogens is 2. The van der Waals surface area contributed by atoms with Gasteiger partial charge < -0.3 is 4.42 Å². The average molecular weight is 347 g/mol. The Labute approximate surface area is 140 Å². The second-order valence-corrected chi connectivity index (χ2v) is 4.95. The van der Waals surface area contributed by atoms with Crippen molar-refractivity contribution in [3.05, 3.63) is 42.2 Å². The first-order valence-electron chi connectivity index (χ1n) is 7.04. The van der Waals surface area contributed by atoms with Crippen molar-refractivity contribution in [2.45, 2.75) is 6.18 Å². The maximum Gasteiger partial charge on any atom is 0.416 e. The number of benzene rings is 1. The number of alkyl halides is 3. The number of hydrazone groups is 1. The number of hydrogen-bond acceptors (Lipinski definition) is 5. The predicted octanol–water partition coefficient (Wildman–Crippen LogP) is 3.99. The lowest BCUT2D eigenvalue weighted by atomic mass is 10.2. The molecule has 6 nitrogen and oxygen atoms in total. The summed E-state index contributed by atoms with van der Waals surface area (Å²) in [5.74, 6) is 0.143. The molecule has 3 aromatic rings. The smallest absolute Gasteiger partial charge is 0.416 e. The first kappa shape index (κ1) is 16.6. The van der Waals surface area contributed by atoms with Gasteiger partial charge in [0.05, 0.1) is 23.0 Å². The third-order valence-electron chi connectivity index (χ3n) is 3.37. The van der Waals surface area contributed by atoms with E-state index in [2.05, 4.69) is 26.8 Å². The molecule has 2 aromatic heterocycles. The highest BCUT2D eigenvalue weighted by Crippen LogP contribution is 2.35. The van der Waals surface area contributed by atoms with Gasteiger partial charge in [0.15, 0.2) is 5.58 Å². The van der Waals surface area contributed by atoms with Crippen LogP contribution in [0.2, 0.25) is 0 Å². The van der Waals surface area contributed by atoms with E-state index in [1.807, 2.05) is 0 Å². The third-order valence-corrected chi connectivity index (χ3v) is 3.37. The molecule has 0 aliphatic rings. The highest BCUT2D eigenvalue weighted by atomic mass is 19.4. The number of halogens is 3. The molecule has 0 saturated heterocycles. The molecule has 0 aliphatic carbocycles. The second kappa shape index (κ2) is 6.34. The summed E-state index contributed by atoms with van der Waals surface area (Å²) in [5.41, 5.74) is 0.531. The summed E-state index contributed by atoms with van der Waals surface area (Å²) >= 11 is 0. The van der Waals surface area contributed by atoms with Crippen LogP contribution < -0.4 is 5.01 Å². The number of fused-ring (bicyclic) bond motifs is 1. The monoisotopic (exact) mass is 347 g/mol. The minimum Gasteiger partial charge on any atom is -0.436 e. The lowest BCUT2D eigenvalue weighted by molar-refractivity contribution is -0.137. The fraction of sp³-hybridized carbons (Fsp3) is 0.125. The van der Waals surface area contributed by atoms with Gasteiger partial charge in [0.2, 0.25) is 5.89 Å². The van der Waals surface area contributed by atoms with Crippen LogP contribution in [0.15, 0.2) is 51.2 Å². The van der Waals surface area contributed by atoms with Gasteiger partial charge in [0.1, 0.15) is 11.9 Å². The van der Waals surface area contributed by atoms with Crippen molar-refractivity contribution in [1.29, 1.82) is 0 Å². The maximum atomic E-state index is 12.8. The summed E-state index contributed by atoms with van der Waals surface area (Å²) in [6.45, 7) is 3.45. The molecule has 128 valence electrons. The van der Waals surface area contributed by atoms with Crippen LogP contribution in [0.25, 0.3) is 22.6 Å². The fourth-order valence-electron chi connectivity index (χ4n) is 2.25. The number of oxazole rings is 1. The number of aliphatic imine (C=N–C) groups is 1. The van der Waals surface area contributed by atoms with E-state index in [4.69, 9.17) is 4.42 Å². The van der Waals surface area contributed by atoms with Gasteiger partial charge in [-0.2, -0.15) is 18.3 Å². The standard InChI is InChI=1S/C16H12F3N5O/c1-20-9-24(21-2)13-8-22-6-5-11(13)15-23-12-7-10(16(17,18)19)3-4-14(12)25-15/h3-9H,2H2,1H3. The van der Waals surface area contributed by atoms with Crippen LogP contribution in [-0.4, -0.2) is 30.1 Å². The van der Waals surface area contributed by atoms with Gasteiger partial charge in [-0.25, -0.2) is 9.99 Å². The van der Waals surface area contributed by atoms with Crippen molar-refractivity contribution in [3.63, 3.8) is 0 Å². The molecule has 2 heterocycles. The van der Waals surface area contributed by atoms with E-state index in [-0.39, 0.29) is 17.0 Å². The summed E-state index contributed by atoms with van der Waals surface area (Å²) < 4.78 is 44.1. The van der Waals surface area contributed by atoms with E-state index in [9.17, 15) is 13.2 Å². The Hall–Kier alpha value is -3.23. The molecule has 0 N–H and O–H groups in total. The van der Waals surface area contributed by atoms with Gasteiger partial charge in [-0.3, -0.25) is 9.98 Å². The van der Waals surface area contributed by atoms with Crippen LogP contribution in [0.3, 0.4) is 0 Å². The Bertz CT molecular complexity index is 948.